The van der Waals surface area contributed by atoms with E-state index in [2.05, 4.69) is 23.4 Å². The third-order valence-electron chi connectivity index (χ3n) is 10.2. The van der Waals surface area contributed by atoms with Crippen molar-refractivity contribution in [2.75, 3.05) is 50.9 Å². The molecule has 0 radical (unpaired) electrons. The summed E-state index contributed by atoms with van der Waals surface area (Å²) in [5.41, 5.74) is -0.831. The number of fused-ring (bicyclic) bond motifs is 3. The first-order valence-corrected chi connectivity index (χ1v) is 16.5. The summed E-state index contributed by atoms with van der Waals surface area (Å²) in [6.07, 6.45) is 6.11. The molecule has 3 aliphatic heterocycles. The smallest absolute Gasteiger partial charge is 0.319 e. The molecule has 1 aromatic heterocycles. The standard InChI is InChI=1S/C37H41F2N5O4/c1-5-24-27(38)9-8-22-14-23(45)15-26(28(22)24)29-31(39)33-30(25(6-2)32(29)40)34(43-12-13-47-19-36(4,46)18-43)42-35(41-33)48-20-37-10-7-11-44(37)17-21(3)16-37/h5-6,8-9,14-15,21,40,45-46H,1,7,10-13,16-20H2,2-4H3/b25-6-,40-32?. The number of β-amino-alcohol motifs (C(OH)–C–C–N with tert-alkyl or cyclic N) is 1. The second-order valence-electron chi connectivity index (χ2n) is 13.9. The maximum atomic E-state index is 17.3. The van der Waals surface area contributed by atoms with Crippen LogP contribution in [0.2, 0.25) is 0 Å². The molecule has 0 bridgehead atoms. The number of phenolic OH excluding ortho intramolecular Hbond substituents is 1. The molecule has 0 saturated carbocycles. The van der Waals surface area contributed by atoms with Crippen molar-refractivity contribution in [3.05, 3.63) is 65.1 Å². The number of hydrogen-bond donors (Lipinski definition) is 3. The number of aliphatic hydroxyl groups is 1. The largest absolute Gasteiger partial charge is 0.508 e. The van der Waals surface area contributed by atoms with Crippen molar-refractivity contribution in [2.24, 2.45) is 5.92 Å². The Morgan fingerprint density at radius 2 is 2.04 bits per heavy atom. The SMILES string of the molecule is C=Cc1c(F)ccc2cc(O)cc(C3=C(F)c4nc(OCC56CCCN5CC(C)C6)nc(N5CCOCC(C)(O)C5)c4/C(=C/C)C3=N)c12. The minimum absolute atomic E-state index is 0.00804. The minimum Gasteiger partial charge on any atom is -0.508 e. The van der Waals surface area contributed by atoms with Crippen molar-refractivity contribution in [1.82, 2.24) is 14.9 Å². The highest BCUT2D eigenvalue weighted by Crippen LogP contribution is 2.48. The molecule has 11 heteroatoms. The fraction of sp³-hybridized carbons (Fsp3) is 0.432. The van der Waals surface area contributed by atoms with E-state index in [-0.39, 0.29) is 58.6 Å². The lowest BCUT2D eigenvalue weighted by atomic mass is 9.82. The number of anilines is 1. The van der Waals surface area contributed by atoms with Crippen LogP contribution in [0.25, 0.3) is 33.8 Å². The van der Waals surface area contributed by atoms with E-state index in [0.717, 1.165) is 32.4 Å². The topological polar surface area (TPSA) is 115 Å². The first kappa shape index (κ1) is 32.4. The molecular weight excluding hydrogens is 616 g/mol. The lowest BCUT2D eigenvalue weighted by Crippen LogP contribution is -2.44. The van der Waals surface area contributed by atoms with Crippen LogP contribution in [-0.4, -0.2) is 87.9 Å². The van der Waals surface area contributed by atoms with Crippen LogP contribution in [-0.2, 0) is 4.74 Å². The molecule has 2 aromatic carbocycles. The molecule has 7 rings (SSSR count). The Morgan fingerprint density at radius 3 is 2.81 bits per heavy atom. The van der Waals surface area contributed by atoms with Gasteiger partial charge in [-0.2, -0.15) is 9.97 Å². The van der Waals surface area contributed by atoms with Crippen molar-refractivity contribution < 1.29 is 28.5 Å². The van der Waals surface area contributed by atoms with Gasteiger partial charge in [0.2, 0.25) is 0 Å². The lowest BCUT2D eigenvalue weighted by Gasteiger charge is -2.33. The Balaban J connectivity index is 1.44. The number of allylic oxidation sites excluding steroid dienone is 3. The Kier molecular flexibility index (Phi) is 8.12. The molecule has 3 unspecified atom stereocenters. The molecule has 252 valence electrons. The highest BCUT2D eigenvalue weighted by Gasteiger charge is 2.48. The van der Waals surface area contributed by atoms with Crippen molar-refractivity contribution in [1.29, 1.82) is 5.41 Å². The van der Waals surface area contributed by atoms with Gasteiger partial charge in [-0.3, -0.25) is 10.3 Å². The zero-order valence-corrected chi connectivity index (χ0v) is 27.6. The van der Waals surface area contributed by atoms with Crippen LogP contribution in [0.5, 0.6) is 11.8 Å². The second-order valence-corrected chi connectivity index (χ2v) is 13.9. The Bertz CT molecular complexity index is 1910. The first-order chi connectivity index (χ1) is 22.9. The fourth-order valence-electron chi connectivity index (χ4n) is 8.21. The Hall–Kier alpha value is -4.19. The van der Waals surface area contributed by atoms with E-state index in [4.69, 9.17) is 14.5 Å². The second kappa shape index (κ2) is 12.0. The summed E-state index contributed by atoms with van der Waals surface area (Å²) >= 11 is 0. The summed E-state index contributed by atoms with van der Waals surface area (Å²) in [7, 11) is 0. The molecule has 1 aliphatic carbocycles. The molecule has 3 aromatic rings. The van der Waals surface area contributed by atoms with Crippen LogP contribution in [0.1, 0.15) is 62.4 Å². The highest BCUT2D eigenvalue weighted by molar-refractivity contribution is 6.50. The zero-order chi connectivity index (χ0) is 34.0. The van der Waals surface area contributed by atoms with Crippen LogP contribution in [0.4, 0.5) is 14.6 Å². The highest BCUT2D eigenvalue weighted by atomic mass is 19.1. The van der Waals surface area contributed by atoms with E-state index in [1.807, 2.05) is 4.90 Å². The minimum atomic E-state index is -1.22. The van der Waals surface area contributed by atoms with Crippen molar-refractivity contribution >= 4 is 45.4 Å². The van der Waals surface area contributed by atoms with E-state index in [1.54, 1.807) is 19.9 Å². The van der Waals surface area contributed by atoms with Gasteiger partial charge in [-0.25, -0.2) is 8.78 Å². The monoisotopic (exact) mass is 657 g/mol. The maximum absolute atomic E-state index is 17.3. The van der Waals surface area contributed by atoms with Gasteiger partial charge in [-0.1, -0.05) is 31.7 Å². The number of ether oxygens (including phenoxy) is 2. The number of benzene rings is 2. The van der Waals surface area contributed by atoms with Gasteiger partial charge in [-0.15, -0.1) is 0 Å². The maximum Gasteiger partial charge on any atom is 0.319 e. The average Bonchev–Trinajstić information content (AvgIpc) is 3.50. The Morgan fingerprint density at radius 1 is 1.23 bits per heavy atom. The summed E-state index contributed by atoms with van der Waals surface area (Å²) in [5.74, 6) is -0.691. The van der Waals surface area contributed by atoms with Gasteiger partial charge in [-0.05, 0) is 74.7 Å². The van der Waals surface area contributed by atoms with Gasteiger partial charge < -0.3 is 24.6 Å². The molecule has 4 aliphatic rings. The quantitative estimate of drug-likeness (QED) is 0.286. The molecule has 3 atom stereocenters. The normalized spacial score (nSPS) is 27.0. The fourth-order valence-corrected chi connectivity index (χ4v) is 8.21. The molecule has 0 spiro atoms. The summed E-state index contributed by atoms with van der Waals surface area (Å²) in [5, 5.41) is 32.0. The third kappa shape index (κ3) is 5.38. The number of rotatable bonds is 6. The number of nitrogens with zero attached hydrogens (tertiary/aromatic N) is 4. The van der Waals surface area contributed by atoms with Crippen LogP contribution in [0, 0.1) is 17.1 Å². The van der Waals surface area contributed by atoms with E-state index >= 15 is 8.78 Å². The third-order valence-corrected chi connectivity index (χ3v) is 10.2. The van der Waals surface area contributed by atoms with Crippen molar-refractivity contribution in [2.45, 2.75) is 51.2 Å². The summed E-state index contributed by atoms with van der Waals surface area (Å²) in [4.78, 5) is 13.8. The first-order valence-electron chi connectivity index (χ1n) is 16.5. The number of nitrogens with one attached hydrogen (secondary N) is 1. The van der Waals surface area contributed by atoms with Crippen LogP contribution in [0.15, 0.2) is 36.9 Å². The zero-order valence-electron chi connectivity index (χ0n) is 27.6. The summed E-state index contributed by atoms with van der Waals surface area (Å²) < 4.78 is 44.5. The number of aromatic hydroxyl groups is 1. The number of hydrogen-bond acceptors (Lipinski definition) is 9. The molecule has 9 nitrogen and oxygen atoms in total. The van der Waals surface area contributed by atoms with E-state index < -0.39 is 17.2 Å². The van der Waals surface area contributed by atoms with Crippen LogP contribution >= 0.6 is 0 Å². The Labute approximate surface area is 278 Å². The molecule has 3 N–H and O–H groups in total. The van der Waals surface area contributed by atoms with Gasteiger partial charge in [0, 0.05) is 35.2 Å². The van der Waals surface area contributed by atoms with Gasteiger partial charge in [0.1, 0.15) is 35.3 Å². The molecule has 4 heterocycles. The van der Waals surface area contributed by atoms with Crippen LogP contribution < -0.4 is 9.64 Å². The van der Waals surface area contributed by atoms with E-state index in [1.165, 1.54) is 30.3 Å². The van der Waals surface area contributed by atoms with E-state index in [9.17, 15) is 15.6 Å². The number of aromatic nitrogens is 2. The summed E-state index contributed by atoms with van der Waals surface area (Å²) in [6.45, 7) is 12.7. The van der Waals surface area contributed by atoms with Crippen molar-refractivity contribution in [3.8, 4) is 11.8 Å². The average molecular weight is 658 g/mol. The lowest BCUT2D eigenvalue weighted by molar-refractivity contribution is -0.0123. The van der Waals surface area contributed by atoms with Gasteiger partial charge in [0.25, 0.3) is 0 Å². The van der Waals surface area contributed by atoms with Gasteiger partial charge in [0.05, 0.1) is 36.6 Å². The molecule has 3 fully saturated rings. The predicted molar refractivity (Wildman–Crippen MR) is 183 cm³/mol. The molecule has 3 saturated heterocycles. The van der Waals surface area contributed by atoms with Crippen molar-refractivity contribution in [3.63, 3.8) is 0 Å². The molecule has 48 heavy (non-hydrogen) atoms. The van der Waals surface area contributed by atoms with Gasteiger partial charge in [0.15, 0.2) is 5.83 Å². The molecule has 0 amide bonds. The van der Waals surface area contributed by atoms with E-state index in [0.29, 0.717) is 53.4 Å². The molecular formula is C37H41F2N5O4. The predicted octanol–water partition coefficient (Wildman–Crippen LogP) is 6.23. The van der Waals surface area contributed by atoms with Gasteiger partial charge >= 0.3 is 6.01 Å². The van der Waals surface area contributed by atoms with Crippen LogP contribution in [0.3, 0.4) is 0 Å². The number of phenols is 1. The summed E-state index contributed by atoms with van der Waals surface area (Å²) in [6, 6.07) is 5.58. The number of halogens is 2.